The van der Waals surface area contributed by atoms with E-state index in [-0.39, 0.29) is 24.2 Å². The smallest absolute Gasteiger partial charge is 0.342 e. The zero-order chi connectivity index (χ0) is 19.3. The number of fused-ring (bicyclic) bond motifs is 1. The van der Waals surface area contributed by atoms with Crippen LogP contribution in [0.3, 0.4) is 0 Å². The Labute approximate surface area is 151 Å². The summed E-state index contributed by atoms with van der Waals surface area (Å²) in [5.74, 6) is -1.10. The second-order valence-electron chi connectivity index (χ2n) is 6.34. The lowest BCUT2D eigenvalue weighted by Crippen LogP contribution is -2.33. The van der Waals surface area contributed by atoms with Crippen molar-refractivity contribution < 1.29 is 34.4 Å². The Kier molecular flexibility index (Phi) is 6.76. The monoisotopic (exact) mass is 364 g/mol. The first-order valence-corrected chi connectivity index (χ1v) is 8.50. The number of cyclic esters (lactones) is 1. The Bertz CT molecular complexity index is 695. The Balaban J connectivity index is 2.36. The van der Waals surface area contributed by atoms with Gasteiger partial charge in [-0.3, -0.25) is 4.79 Å². The maximum Gasteiger partial charge on any atom is 0.342 e. The summed E-state index contributed by atoms with van der Waals surface area (Å²) in [7, 11) is 1.45. The lowest BCUT2D eigenvalue weighted by Gasteiger charge is -2.18. The van der Waals surface area contributed by atoms with Crippen LogP contribution in [0.2, 0.25) is 0 Å². The van der Waals surface area contributed by atoms with Crippen molar-refractivity contribution in [2.75, 3.05) is 7.11 Å². The molecule has 0 aromatic heterocycles. The van der Waals surface area contributed by atoms with Crippen molar-refractivity contribution in [1.82, 2.24) is 0 Å². The third kappa shape index (κ3) is 4.83. The number of hydrogen-bond donors (Lipinski definition) is 3. The number of aliphatic hydroxyl groups is 2. The number of ether oxygens (including phenoxy) is 2. The number of phenols is 1. The number of carbonyl (C=O) groups excluding carboxylic acids is 2. The van der Waals surface area contributed by atoms with Gasteiger partial charge in [0.1, 0.15) is 29.3 Å². The molecule has 0 bridgehead atoms. The van der Waals surface area contributed by atoms with Gasteiger partial charge in [0.05, 0.1) is 13.2 Å². The second-order valence-corrected chi connectivity index (χ2v) is 6.34. The van der Waals surface area contributed by atoms with Gasteiger partial charge in [-0.1, -0.05) is 6.08 Å². The van der Waals surface area contributed by atoms with Crippen molar-refractivity contribution >= 4 is 11.8 Å². The fraction of sp³-hybridized carbons (Fsp3) is 0.474. The fourth-order valence-electron chi connectivity index (χ4n) is 2.82. The van der Waals surface area contributed by atoms with E-state index in [0.29, 0.717) is 24.2 Å². The molecule has 2 rings (SSSR count). The molecule has 1 aliphatic rings. The summed E-state index contributed by atoms with van der Waals surface area (Å²) >= 11 is 0. The predicted octanol–water partition coefficient (Wildman–Crippen LogP) is 1.52. The molecule has 0 amide bonds. The van der Waals surface area contributed by atoms with Crippen molar-refractivity contribution in [3.63, 3.8) is 0 Å². The topological polar surface area (TPSA) is 113 Å². The molecule has 1 aromatic carbocycles. The van der Waals surface area contributed by atoms with Gasteiger partial charge in [-0.15, -0.1) is 0 Å². The number of methoxy groups -OCH3 is 1. The maximum atomic E-state index is 12.5. The molecule has 0 saturated heterocycles. The molecule has 3 N–H and O–H groups in total. The molecule has 0 radical (unpaired) electrons. The van der Waals surface area contributed by atoms with E-state index in [1.807, 2.05) is 0 Å². The molecule has 0 aliphatic carbocycles. The first-order chi connectivity index (χ1) is 12.3. The number of carbonyl (C=O) groups is 2. The van der Waals surface area contributed by atoms with Gasteiger partial charge in [0.15, 0.2) is 5.78 Å². The van der Waals surface area contributed by atoms with Gasteiger partial charge in [0, 0.05) is 12.5 Å². The molecule has 0 fully saturated rings. The molecule has 26 heavy (non-hydrogen) atoms. The lowest BCUT2D eigenvalue weighted by atomic mass is 9.97. The molecular formula is C19H24O7. The van der Waals surface area contributed by atoms with Crippen LogP contribution in [0, 0.1) is 0 Å². The van der Waals surface area contributed by atoms with Crippen molar-refractivity contribution in [2.24, 2.45) is 0 Å². The minimum atomic E-state index is -1.50. The molecule has 142 valence electrons. The zero-order valence-corrected chi connectivity index (χ0v) is 14.8. The summed E-state index contributed by atoms with van der Waals surface area (Å²) in [6.07, 6.45) is 0.556. The number of esters is 1. The van der Waals surface area contributed by atoms with E-state index >= 15 is 0 Å². The van der Waals surface area contributed by atoms with Crippen LogP contribution in [0.25, 0.3) is 0 Å². The van der Waals surface area contributed by atoms with Crippen LogP contribution < -0.4 is 4.74 Å². The number of phenolic OH excluding ortho intramolecular Hbond substituents is 1. The second kappa shape index (κ2) is 8.82. The molecule has 1 heterocycles. The van der Waals surface area contributed by atoms with Crippen LogP contribution >= 0.6 is 0 Å². The Morgan fingerprint density at radius 2 is 1.96 bits per heavy atom. The van der Waals surface area contributed by atoms with Crippen LogP contribution in [0.5, 0.6) is 11.5 Å². The van der Waals surface area contributed by atoms with E-state index in [1.165, 1.54) is 25.3 Å². The molecule has 7 heteroatoms. The van der Waals surface area contributed by atoms with Gasteiger partial charge in [0.25, 0.3) is 0 Å². The Morgan fingerprint density at radius 1 is 1.23 bits per heavy atom. The van der Waals surface area contributed by atoms with Crippen molar-refractivity contribution in [1.29, 1.82) is 0 Å². The summed E-state index contributed by atoms with van der Waals surface area (Å²) in [4.78, 5) is 24.3. The number of rotatable bonds is 1. The van der Waals surface area contributed by atoms with Crippen LogP contribution in [0.1, 0.15) is 42.1 Å². The van der Waals surface area contributed by atoms with Crippen molar-refractivity contribution in [2.45, 2.75) is 50.9 Å². The molecule has 0 spiro atoms. The van der Waals surface area contributed by atoms with E-state index in [2.05, 4.69) is 0 Å². The van der Waals surface area contributed by atoms with Crippen LogP contribution in [0.4, 0.5) is 0 Å². The van der Waals surface area contributed by atoms with Gasteiger partial charge in [-0.05, 0) is 43.9 Å². The zero-order valence-electron chi connectivity index (χ0n) is 14.8. The van der Waals surface area contributed by atoms with E-state index in [1.54, 1.807) is 13.0 Å². The number of aliphatic hydroxyl groups excluding tert-OH is 2. The number of ketones is 1. The number of hydrogen-bond acceptors (Lipinski definition) is 7. The third-order valence-corrected chi connectivity index (χ3v) is 4.27. The fourth-order valence-corrected chi connectivity index (χ4v) is 2.82. The largest absolute Gasteiger partial charge is 0.507 e. The first kappa shape index (κ1) is 19.9. The molecule has 1 aromatic rings. The average Bonchev–Trinajstić information content (AvgIpc) is 2.59. The van der Waals surface area contributed by atoms with Crippen LogP contribution in [-0.4, -0.2) is 52.5 Å². The number of aryl methyl sites for hydroxylation is 1. The van der Waals surface area contributed by atoms with Gasteiger partial charge < -0.3 is 24.8 Å². The van der Waals surface area contributed by atoms with Crippen LogP contribution in [0.15, 0.2) is 24.3 Å². The highest BCUT2D eigenvalue weighted by Gasteiger charge is 2.25. The van der Waals surface area contributed by atoms with E-state index in [4.69, 9.17) is 9.47 Å². The normalized spacial score (nSPS) is 26.4. The maximum absolute atomic E-state index is 12.5. The minimum absolute atomic E-state index is 0.0600. The lowest BCUT2D eigenvalue weighted by molar-refractivity contribution is -0.128. The highest BCUT2D eigenvalue weighted by Crippen LogP contribution is 2.30. The van der Waals surface area contributed by atoms with Crippen molar-refractivity contribution in [3.05, 3.63) is 35.4 Å². The molecule has 0 saturated carbocycles. The molecule has 3 atom stereocenters. The summed E-state index contributed by atoms with van der Waals surface area (Å²) in [6, 6.07) is 2.96. The first-order valence-electron chi connectivity index (χ1n) is 8.50. The predicted molar refractivity (Wildman–Crippen MR) is 93.3 cm³/mol. The average molecular weight is 364 g/mol. The van der Waals surface area contributed by atoms with Gasteiger partial charge in [-0.25, -0.2) is 4.79 Å². The van der Waals surface area contributed by atoms with E-state index in [0.717, 1.165) is 0 Å². The summed E-state index contributed by atoms with van der Waals surface area (Å²) < 4.78 is 10.5. The minimum Gasteiger partial charge on any atom is -0.507 e. The Hall–Kier alpha value is -2.38. The Morgan fingerprint density at radius 3 is 2.65 bits per heavy atom. The number of aromatic hydroxyl groups is 1. The molecule has 1 aliphatic heterocycles. The van der Waals surface area contributed by atoms with Gasteiger partial charge >= 0.3 is 5.97 Å². The molecule has 7 nitrogen and oxygen atoms in total. The highest BCUT2D eigenvalue weighted by molar-refractivity contribution is 5.95. The standard InChI is InChI=1S/C19H24O7/c1-11-5-3-7-14(20)18(23)15(21)8-4-6-12-9-13(25-2)10-16(22)17(12)19(24)26-11/h3,7,9-11,15,18,21-23H,4-6,8H2,1-2H3/b7-3-/t11-,15+,18+/m1/s1. The third-order valence-electron chi connectivity index (χ3n) is 4.27. The van der Waals surface area contributed by atoms with E-state index in [9.17, 15) is 24.9 Å². The van der Waals surface area contributed by atoms with Crippen LogP contribution in [-0.2, 0) is 16.0 Å². The van der Waals surface area contributed by atoms with Crippen molar-refractivity contribution in [3.8, 4) is 11.5 Å². The number of benzene rings is 1. The van der Waals surface area contributed by atoms with Gasteiger partial charge in [-0.2, -0.15) is 0 Å². The molecular weight excluding hydrogens is 340 g/mol. The SMILES string of the molecule is COc1cc(O)c2c(c1)CCC[C@H](O)[C@@H](O)C(=O)/C=C\C[C@@H](C)OC2=O. The van der Waals surface area contributed by atoms with Gasteiger partial charge in [0.2, 0.25) is 0 Å². The summed E-state index contributed by atoms with van der Waals surface area (Å²) in [5, 5.41) is 30.1. The summed E-state index contributed by atoms with van der Waals surface area (Å²) in [5.41, 5.74) is 0.574. The molecule has 0 unspecified atom stereocenters. The summed E-state index contributed by atoms with van der Waals surface area (Å²) in [6.45, 7) is 1.66. The highest BCUT2D eigenvalue weighted by atomic mass is 16.5. The van der Waals surface area contributed by atoms with E-state index < -0.39 is 30.1 Å². The quantitative estimate of drug-likeness (QED) is 0.648.